The summed E-state index contributed by atoms with van der Waals surface area (Å²) < 4.78 is 63.3. The number of halogens is 5. The normalized spacial score (nSPS) is 14.5. The van der Waals surface area contributed by atoms with Gasteiger partial charge in [-0.25, -0.2) is 18.4 Å². The van der Waals surface area contributed by atoms with Crippen molar-refractivity contribution in [3.05, 3.63) is 95.8 Å². The van der Waals surface area contributed by atoms with Crippen LogP contribution in [0, 0.1) is 23.0 Å². The van der Waals surface area contributed by atoms with E-state index in [9.17, 15) is 70.9 Å². The Hall–Kier alpha value is -7.91. The third-order valence-corrected chi connectivity index (χ3v) is 13.4. The molecule has 0 bridgehead atoms. The minimum Gasteiger partial charge on any atom is -0.480 e. The predicted molar refractivity (Wildman–Crippen MR) is 295 cm³/mol. The molecule has 10 N–H and O–H groups in total. The van der Waals surface area contributed by atoms with Crippen LogP contribution in [0.3, 0.4) is 0 Å². The predicted octanol–water partition coefficient (Wildman–Crippen LogP) is 4.31. The van der Waals surface area contributed by atoms with E-state index in [4.69, 9.17) is 21.4 Å². The molecule has 22 nitrogen and oxygen atoms in total. The summed E-state index contributed by atoms with van der Waals surface area (Å²) in [7, 11) is 0. The molecule has 2 heterocycles. The Kier molecular flexibility index (Phi) is 27.0. The molecule has 462 valence electrons. The fraction of sp³-hybridized carbons (Fsp3) is 0.509. The molecule has 8 amide bonds. The molecule has 2 aromatic carbocycles. The number of hydrogen-bond acceptors (Lipinski definition) is 13. The molecule has 0 aliphatic carbocycles. The zero-order valence-electron chi connectivity index (χ0n) is 47.9. The zero-order chi connectivity index (χ0) is 63.4. The van der Waals surface area contributed by atoms with Gasteiger partial charge in [0, 0.05) is 61.2 Å². The van der Waals surface area contributed by atoms with Crippen LogP contribution < -0.4 is 27.4 Å². The van der Waals surface area contributed by atoms with E-state index >= 15 is 4.39 Å². The summed E-state index contributed by atoms with van der Waals surface area (Å²) in [6.45, 7) is 10.8. The first kappa shape index (κ1) is 70.4. The zero-order valence-corrected chi connectivity index (χ0v) is 47.9. The van der Waals surface area contributed by atoms with Gasteiger partial charge >= 0.3 is 18.1 Å². The van der Waals surface area contributed by atoms with Crippen LogP contribution in [0.4, 0.5) is 22.0 Å². The van der Waals surface area contributed by atoms with Crippen molar-refractivity contribution in [2.75, 3.05) is 26.2 Å². The number of alkyl halides is 3. The van der Waals surface area contributed by atoms with Crippen LogP contribution in [0.15, 0.2) is 72.9 Å². The van der Waals surface area contributed by atoms with Gasteiger partial charge in [-0.2, -0.15) is 13.2 Å². The summed E-state index contributed by atoms with van der Waals surface area (Å²) in [5.41, 5.74) is 12.9. The lowest BCUT2D eigenvalue weighted by Gasteiger charge is -2.41. The van der Waals surface area contributed by atoms with Gasteiger partial charge in [-0.05, 0) is 100 Å². The summed E-state index contributed by atoms with van der Waals surface area (Å²) in [6.07, 6.45) is 0.335. The SMILES string of the molecule is CC(C)[C@H](NC(=O)CCCCCN1C(=O)C=CC1=O)C(=O)N[C@@H](C)C(=O)N(C(=O)[C@@H](C)NC(=O)[C@@H](N)CCN(C(=O)CO)[C@@H](c1cc(-c2cc(F)ccc2F)cn1Cc1ccccc1)C(C)(C)C)[C@@H](CCCCN)C(=O)O.O=C(O)C(F)(F)F. The largest absolute Gasteiger partial charge is 0.490 e. The molecule has 0 spiro atoms. The number of rotatable bonds is 29. The van der Waals surface area contributed by atoms with Crippen LogP contribution in [0.5, 0.6) is 0 Å². The smallest absolute Gasteiger partial charge is 0.480 e. The number of nitrogens with zero attached hydrogens (tertiary/aromatic N) is 4. The summed E-state index contributed by atoms with van der Waals surface area (Å²) in [5, 5.41) is 35.5. The van der Waals surface area contributed by atoms with Crippen molar-refractivity contribution in [2.24, 2.45) is 22.8 Å². The molecule has 1 aliphatic heterocycles. The minimum atomic E-state index is -5.08. The number of benzene rings is 2. The maximum Gasteiger partial charge on any atom is 0.490 e. The molecule has 0 radical (unpaired) electrons. The van der Waals surface area contributed by atoms with Gasteiger partial charge in [-0.1, -0.05) is 71.4 Å². The highest BCUT2D eigenvalue weighted by atomic mass is 19.4. The lowest BCUT2D eigenvalue weighted by molar-refractivity contribution is -0.192. The molecule has 84 heavy (non-hydrogen) atoms. The molecule has 0 saturated carbocycles. The maximum absolute atomic E-state index is 15.3. The van der Waals surface area contributed by atoms with Gasteiger partial charge in [0.1, 0.15) is 42.4 Å². The highest BCUT2D eigenvalue weighted by Crippen LogP contribution is 2.41. The molecule has 6 atom stereocenters. The molecule has 27 heteroatoms. The molecule has 3 aromatic rings. The number of imide groups is 2. The molecular formula is C57H76F5N9O13. The summed E-state index contributed by atoms with van der Waals surface area (Å²) >= 11 is 0. The first-order valence-corrected chi connectivity index (χ1v) is 27.1. The number of carboxylic acid groups (broad SMARTS) is 2. The highest BCUT2D eigenvalue weighted by molar-refractivity contribution is 6.12. The Bertz CT molecular complexity index is 2820. The van der Waals surface area contributed by atoms with E-state index < -0.39 is 131 Å². The van der Waals surface area contributed by atoms with E-state index in [-0.39, 0.29) is 57.4 Å². The molecular weight excluding hydrogens is 1110 g/mol. The average molecular weight is 1190 g/mol. The minimum absolute atomic E-state index is 0.00741. The second-order valence-electron chi connectivity index (χ2n) is 21.5. The fourth-order valence-electron chi connectivity index (χ4n) is 9.10. The Labute approximate surface area is 483 Å². The van der Waals surface area contributed by atoms with Crippen LogP contribution in [-0.2, 0) is 54.5 Å². The molecule has 0 fully saturated rings. The number of carbonyl (C=O) groups is 10. The Morgan fingerprint density at radius 1 is 0.750 bits per heavy atom. The third kappa shape index (κ3) is 20.8. The fourth-order valence-corrected chi connectivity index (χ4v) is 9.10. The van der Waals surface area contributed by atoms with Gasteiger partial charge in [-0.15, -0.1) is 0 Å². The second kappa shape index (κ2) is 32.2. The second-order valence-corrected chi connectivity index (χ2v) is 21.5. The molecule has 4 rings (SSSR count). The van der Waals surface area contributed by atoms with Crippen molar-refractivity contribution in [2.45, 2.75) is 149 Å². The van der Waals surface area contributed by atoms with E-state index in [1.807, 2.05) is 51.1 Å². The summed E-state index contributed by atoms with van der Waals surface area (Å²) in [6, 6.07) is 5.68. The monoisotopic (exact) mass is 1190 g/mol. The average Bonchev–Trinajstić information content (AvgIpc) is 2.73. The number of nitrogens with one attached hydrogen (secondary N) is 3. The number of aliphatic hydroxyl groups excluding tert-OH is 1. The number of hydrogen-bond donors (Lipinski definition) is 8. The van der Waals surface area contributed by atoms with Crippen molar-refractivity contribution in [1.29, 1.82) is 0 Å². The number of carboxylic acids is 2. The van der Waals surface area contributed by atoms with Crippen molar-refractivity contribution in [1.82, 2.24) is 35.2 Å². The summed E-state index contributed by atoms with van der Waals surface area (Å²) in [4.78, 5) is 131. The molecule has 1 aromatic heterocycles. The number of carbonyl (C=O) groups excluding carboxylic acids is 8. The first-order chi connectivity index (χ1) is 39.2. The van der Waals surface area contributed by atoms with Crippen LogP contribution in [-0.4, -0.2) is 156 Å². The topological polar surface area (TPSA) is 334 Å². The summed E-state index contributed by atoms with van der Waals surface area (Å²) in [5.74, 6) is -12.2. The van der Waals surface area contributed by atoms with Crippen molar-refractivity contribution >= 4 is 59.2 Å². The third-order valence-electron chi connectivity index (χ3n) is 13.4. The number of unbranched alkanes of at least 4 members (excludes halogenated alkanes) is 3. The van der Waals surface area contributed by atoms with Gasteiger partial charge in [0.15, 0.2) is 0 Å². The molecule has 1 aliphatic rings. The van der Waals surface area contributed by atoms with Gasteiger partial charge in [0.2, 0.25) is 23.6 Å². The molecule has 0 saturated heterocycles. The highest BCUT2D eigenvalue weighted by Gasteiger charge is 2.42. The van der Waals surface area contributed by atoms with Crippen LogP contribution in [0.1, 0.15) is 117 Å². The van der Waals surface area contributed by atoms with Crippen molar-refractivity contribution < 1.29 is 85.2 Å². The number of nitrogens with two attached hydrogens (primary N) is 2. The van der Waals surface area contributed by atoms with E-state index in [1.165, 1.54) is 30.9 Å². The number of aromatic nitrogens is 1. The lowest BCUT2D eigenvalue weighted by Crippen LogP contribution is -2.61. The van der Waals surface area contributed by atoms with Gasteiger partial charge in [-0.3, -0.25) is 48.2 Å². The number of aliphatic hydroxyl groups is 1. The van der Waals surface area contributed by atoms with E-state index in [0.717, 1.165) is 28.7 Å². The quantitative estimate of drug-likeness (QED) is 0.0273. The van der Waals surface area contributed by atoms with Crippen LogP contribution in [0.2, 0.25) is 0 Å². The number of amides is 8. The van der Waals surface area contributed by atoms with Gasteiger partial charge < -0.3 is 52.2 Å². The van der Waals surface area contributed by atoms with Crippen LogP contribution in [0.25, 0.3) is 11.1 Å². The van der Waals surface area contributed by atoms with Crippen molar-refractivity contribution in [3.8, 4) is 11.1 Å². The Balaban J connectivity index is 0.00000247. The Morgan fingerprint density at radius 2 is 1.33 bits per heavy atom. The van der Waals surface area contributed by atoms with E-state index in [1.54, 1.807) is 30.7 Å². The van der Waals surface area contributed by atoms with Gasteiger partial charge in [0.05, 0.1) is 12.1 Å². The lowest BCUT2D eigenvalue weighted by atomic mass is 9.82. The van der Waals surface area contributed by atoms with E-state index in [2.05, 4.69) is 16.0 Å². The maximum atomic E-state index is 15.3. The van der Waals surface area contributed by atoms with Gasteiger partial charge in [0.25, 0.3) is 23.6 Å². The Morgan fingerprint density at radius 3 is 1.86 bits per heavy atom. The van der Waals surface area contributed by atoms with E-state index in [0.29, 0.717) is 41.8 Å². The number of aliphatic carboxylic acids is 2. The van der Waals surface area contributed by atoms with Crippen LogP contribution >= 0.6 is 0 Å². The molecule has 0 unspecified atom stereocenters. The first-order valence-electron chi connectivity index (χ1n) is 27.1. The standard InChI is InChI=1S/C55H75F2N9O11.C2HF3O2/c1-33(2)48(62-44(68)19-12-9-15-26-64-45(69)22-23-46(64)70)51(73)61-35(4)53(75)66(42(54(76)77)18-13-14-25-58)52(74)34(3)60-50(72)41(59)24-27-65(47(71)32-67)49(55(5,6)7)43-28-37(39-29-38(56)20-21-40(39)57)31-63(43)30-36-16-10-8-11-17-36;3-2(4,5)1(6)7/h8,10-11,16-17,20-23,28-29,31,33-35,41-42,48-49,67H,9,12-15,18-19,24-27,30,32,58-59H2,1-7H3,(H,60,72)(H,61,73)(H,62,68)(H,76,77);(H,6,7)/t34-,35+,41+,42+,48+,49+;/m1./s1. The van der Waals surface area contributed by atoms with Crippen molar-refractivity contribution in [3.63, 3.8) is 0 Å².